The normalized spacial score (nSPS) is 16.5. The minimum Gasteiger partial charge on any atom is -0.330 e. The van der Waals surface area contributed by atoms with Crippen molar-refractivity contribution in [2.75, 3.05) is 6.54 Å². The lowest BCUT2D eigenvalue weighted by molar-refractivity contribution is 0.0640. The zero-order chi connectivity index (χ0) is 18.3. The molecule has 1 aliphatic rings. The number of imidazole rings is 1. The SMILES string of the molecule is CCn1nc2n(c1=O)CCN(C(=O)c1nccn1C)C2c1ccccc1. The third kappa shape index (κ3) is 2.45. The molecule has 8 nitrogen and oxygen atoms in total. The summed E-state index contributed by atoms with van der Waals surface area (Å²) >= 11 is 0. The third-order valence-electron chi connectivity index (χ3n) is 4.76. The van der Waals surface area contributed by atoms with Crippen molar-refractivity contribution in [3.63, 3.8) is 0 Å². The van der Waals surface area contributed by atoms with Crippen LogP contribution < -0.4 is 5.69 Å². The van der Waals surface area contributed by atoms with E-state index < -0.39 is 6.04 Å². The maximum atomic E-state index is 13.2. The molecule has 1 aliphatic heterocycles. The Bertz CT molecular complexity index is 1000. The molecule has 1 unspecified atom stereocenters. The molecule has 1 amide bonds. The summed E-state index contributed by atoms with van der Waals surface area (Å²) in [5.41, 5.74) is 0.789. The molecular weight excluding hydrogens is 332 g/mol. The lowest BCUT2D eigenvalue weighted by Gasteiger charge is -2.35. The van der Waals surface area contributed by atoms with E-state index in [0.29, 0.717) is 31.3 Å². The molecule has 3 aromatic rings. The number of fused-ring (bicyclic) bond motifs is 1. The van der Waals surface area contributed by atoms with Crippen molar-refractivity contribution in [1.82, 2.24) is 28.8 Å². The first kappa shape index (κ1) is 16.3. The van der Waals surface area contributed by atoms with Crippen molar-refractivity contribution in [2.24, 2.45) is 7.05 Å². The first-order chi connectivity index (χ1) is 12.6. The minimum absolute atomic E-state index is 0.132. The maximum Gasteiger partial charge on any atom is 0.346 e. The van der Waals surface area contributed by atoms with Crippen LogP contribution in [-0.2, 0) is 20.1 Å². The largest absolute Gasteiger partial charge is 0.346 e. The lowest BCUT2D eigenvalue weighted by Crippen LogP contribution is -2.45. The van der Waals surface area contributed by atoms with Gasteiger partial charge in [-0.25, -0.2) is 14.5 Å². The highest BCUT2D eigenvalue weighted by molar-refractivity contribution is 5.91. The standard InChI is InChI=1S/C18H20N6O2/c1-3-24-18(26)23-12-11-22(17(25)16-19-9-10-21(16)2)14(15(23)20-24)13-7-5-4-6-8-13/h4-10,14H,3,11-12H2,1-2H3. The minimum atomic E-state index is -0.422. The van der Waals surface area contributed by atoms with Gasteiger partial charge in [-0.2, -0.15) is 5.10 Å². The molecule has 1 atom stereocenters. The Hall–Kier alpha value is -3.16. The van der Waals surface area contributed by atoms with Crippen LogP contribution in [0, 0.1) is 0 Å². The van der Waals surface area contributed by atoms with Gasteiger partial charge in [-0.05, 0) is 12.5 Å². The number of hydrogen-bond acceptors (Lipinski definition) is 4. The molecule has 0 radical (unpaired) electrons. The van der Waals surface area contributed by atoms with Crippen LogP contribution in [0.15, 0.2) is 47.5 Å². The van der Waals surface area contributed by atoms with Crippen molar-refractivity contribution in [3.05, 3.63) is 70.4 Å². The molecule has 4 rings (SSSR count). The molecule has 26 heavy (non-hydrogen) atoms. The molecule has 0 aliphatic carbocycles. The van der Waals surface area contributed by atoms with Gasteiger partial charge in [-0.1, -0.05) is 30.3 Å². The van der Waals surface area contributed by atoms with Gasteiger partial charge in [0.2, 0.25) is 0 Å². The van der Waals surface area contributed by atoms with Crippen molar-refractivity contribution in [1.29, 1.82) is 0 Å². The van der Waals surface area contributed by atoms with Crippen molar-refractivity contribution in [3.8, 4) is 0 Å². The van der Waals surface area contributed by atoms with E-state index in [2.05, 4.69) is 10.1 Å². The zero-order valence-electron chi connectivity index (χ0n) is 14.7. The molecule has 0 spiro atoms. The second-order valence-electron chi connectivity index (χ2n) is 6.28. The van der Waals surface area contributed by atoms with E-state index >= 15 is 0 Å². The van der Waals surface area contributed by atoms with Crippen LogP contribution in [0.5, 0.6) is 0 Å². The number of benzene rings is 1. The van der Waals surface area contributed by atoms with Crippen LogP contribution in [0.25, 0.3) is 0 Å². The summed E-state index contributed by atoms with van der Waals surface area (Å²) in [6.07, 6.45) is 3.35. The number of carbonyl (C=O) groups is 1. The average Bonchev–Trinajstić information content (AvgIpc) is 3.24. The lowest BCUT2D eigenvalue weighted by atomic mass is 10.0. The number of carbonyl (C=O) groups excluding carboxylic acids is 1. The van der Waals surface area contributed by atoms with Gasteiger partial charge >= 0.3 is 5.69 Å². The predicted molar refractivity (Wildman–Crippen MR) is 94.7 cm³/mol. The van der Waals surface area contributed by atoms with E-state index in [4.69, 9.17) is 0 Å². The molecule has 134 valence electrons. The molecule has 0 N–H and O–H groups in total. The first-order valence-corrected chi connectivity index (χ1v) is 8.62. The monoisotopic (exact) mass is 352 g/mol. The number of aromatic nitrogens is 5. The van der Waals surface area contributed by atoms with Gasteiger partial charge in [0, 0.05) is 39.1 Å². The van der Waals surface area contributed by atoms with Gasteiger partial charge in [-0.15, -0.1) is 0 Å². The second-order valence-corrected chi connectivity index (χ2v) is 6.28. The van der Waals surface area contributed by atoms with Crippen molar-refractivity contribution >= 4 is 5.91 Å². The van der Waals surface area contributed by atoms with Gasteiger partial charge in [0.1, 0.15) is 6.04 Å². The topological polar surface area (TPSA) is 78.0 Å². The number of rotatable bonds is 3. The number of amides is 1. The van der Waals surface area contributed by atoms with Gasteiger partial charge in [0.15, 0.2) is 11.6 Å². The highest BCUT2D eigenvalue weighted by Crippen LogP contribution is 2.30. The van der Waals surface area contributed by atoms with E-state index in [0.717, 1.165) is 5.56 Å². The van der Waals surface area contributed by atoms with Gasteiger partial charge in [0.05, 0.1) is 0 Å². The van der Waals surface area contributed by atoms with E-state index in [9.17, 15) is 9.59 Å². The van der Waals surface area contributed by atoms with Crippen LogP contribution >= 0.6 is 0 Å². The van der Waals surface area contributed by atoms with Crippen LogP contribution in [-0.4, -0.2) is 41.3 Å². The second kappa shape index (κ2) is 6.29. The molecule has 3 heterocycles. The van der Waals surface area contributed by atoms with E-state index in [1.807, 2.05) is 37.3 Å². The molecule has 0 bridgehead atoms. The fourth-order valence-electron chi connectivity index (χ4n) is 3.44. The molecule has 0 saturated carbocycles. The number of hydrogen-bond donors (Lipinski definition) is 0. The van der Waals surface area contributed by atoms with Crippen molar-refractivity contribution < 1.29 is 4.79 Å². The average molecular weight is 352 g/mol. The molecule has 8 heteroatoms. The van der Waals surface area contributed by atoms with Crippen molar-refractivity contribution in [2.45, 2.75) is 26.1 Å². The fraction of sp³-hybridized carbons (Fsp3) is 0.333. The summed E-state index contributed by atoms with van der Waals surface area (Å²) in [7, 11) is 1.80. The van der Waals surface area contributed by atoms with Crippen LogP contribution in [0.3, 0.4) is 0 Å². The zero-order valence-corrected chi connectivity index (χ0v) is 14.7. The summed E-state index contributed by atoms with van der Waals surface area (Å²) < 4.78 is 4.82. The third-order valence-corrected chi connectivity index (χ3v) is 4.76. The first-order valence-electron chi connectivity index (χ1n) is 8.62. The Morgan fingerprint density at radius 3 is 2.65 bits per heavy atom. The van der Waals surface area contributed by atoms with E-state index in [-0.39, 0.29) is 11.6 Å². The Morgan fingerprint density at radius 1 is 1.23 bits per heavy atom. The summed E-state index contributed by atoms with van der Waals surface area (Å²) in [6, 6.07) is 9.26. The van der Waals surface area contributed by atoms with E-state index in [1.54, 1.807) is 33.5 Å². The molecule has 0 fully saturated rings. The highest BCUT2D eigenvalue weighted by atomic mass is 16.2. The number of nitrogens with zero attached hydrogens (tertiary/aromatic N) is 6. The Morgan fingerprint density at radius 2 is 2.00 bits per heavy atom. The summed E-state index contributed by atoms with van der Waals surface area (Å²) in [6.45, 7) is 3.23. The van der Waals surface area contributed by atoms with Crippen LogP contribution in [0.4, 0.5) is 0 Å². The van der Waals surface area contributed by atoms with Gasteiger partial charge in [-0.3, -0.25) is 9.36 Å². The fourth-order valence-corrected chi connectivity index (χ4v) is 3.44. The highest BCUT2D eigenvalue weighted by Gasteiger charge is 2.37. The van der Waals surface area contributed by atoms with E-state index in [1.165, 1.54) is 4.68 Å². The summed E-state index contributed by atoms with van der Waals surface area (Å²) in [5.74, 6) is 0.796. The molecule has 1 aromatic carbocycles. The Balaban J connectivity index is 1.85. The number of aryl methyl sites for hydroxylation is 2. The molecule has 2 aromatic heterocycles. The predicted octanol–water partition coefficient (Wildman–Crippen LogP) is 1.04. The Labute approximate surface area is 150 Å². The molecular formula is C18H20N6O2. The molecule has 0 saturated heterocycles. The van der Waals surface area contributed by atoms with Crippen LogP contribution in [0.2, 0.25) is 0 Å². The van der Waals surface area contributed by atoms with Gasteiger partial charge < -0.3 is 9.47 Å². The van der Waals surface area contributed by atoms with Crippen LogP contribution in [0.1, 0.15) is 35.0 Å². The summed E-state index contributed by atoms with van der Waals surface area (Å²) in [5, 5.41) is 4.51. The van der Waals surface area contributed by atoms with Gasteiger partial charge in [0.25, 0.3) is 5.91 Å². The maximum absolute atomic E-state index is 13.2. The summed E-state index contributed by atoms with van der Waals surface area (Å²) in [4.78, 5) is 31.6. The Kier molecular flexibility index (Phi) is 3.95. The smallest absolute Gasteiger partial charge is 0.330 e. The quantitative estimate of drug-likeness (QED) is 0.706.